The molecule has 4 heterocycles. The molecule has 154 valence electrons. The summed E-state index contributed by atoms with van der Waals surface area (Å²) in [5.74, 6) is 2.17. The van der Waals surface area contributed by atoms with Gasteiger partial charge in [-0.25, -0.2) is 4.98 Å². The number of ether oxygens (including phenoxy) is 2. The van der Waals surface area contributed by atoms with Crippen molar-refractivity contribution < 1.29 is 9.47 Å². The Kier molecular flexibility index (Phi) is 5.06. The lowest BCUT2D eigenvalue weighted by Crippen LogP contribution is -2.36. The zero-order valence-electron chi connectivity index (χ0n) is 16.7. The lowest BCUT2D eigenvalue weighted by molar-refractivity contribution is 0.201. The molecule has 5 rings (SSSR count). The molecule has 1 aromatic carbocycles. The van der Waals surface area contributed by atoms with Crippen LogP contribution in [0.15, 0.2) is 45.9 Å². The second-order valence-corrected chi connectivity index (χ2v) is 9.09. The SMILES string of the molecule is COc1cc2c(cc1OC)[C@H](c1cccs1)N(Cc1nc3ccsc3c(=O)[nH]1)CC2. The van der Waals surface area contributed by atoms with Crippen molar-refractivity contribution in [3.05, 3.63) is 73.3 Å². The molecule has 6 nitrogen and oxygen atoms in total. The number of benzene rings is 1. The molecule has 0 spiro atoms. The normalized spacial score (nSPS) is 16.5. The quantitative estimate of drug-likeness (QED) is 0.505. The van der Waals surface area contributed by atoms with E-state index in [0.29, 0.717) is 17.1 Å². The van der Waals surface area contributed by atoms with E-state index in [1.165, 1.54) is 27.3 Å². The Morgan fingerprint density at radius 2 is 2.00 bits per heavy atom. The van der Waals surface area contributed by atoms with Crippen LogP contribution in [-0.4, -0.2) is 35.6 Å². The molecule has 3 aromatic heterocycles. The maximum atomic E-state index is 12.4. The topological polar surface area (TPSA) is 67.5 Å². The fraction of sp³-hybridized carbons (Fsp3) is 0.273. The van der Waals surface area contributed by atoms with Gasteiger partial charge in [0.15, 0.2) is 11.5 Å². The highest BCUT2D eigenvalue weighted by Crippen LogP contribution is 2.42. The number of H-pyrrole nitrogens is 1. The molecule has 1 atom stereocenters. The van der Waals surface area contributed by atoms with Crippen molar-refractivity contribution in [3.8, 4) is 11.5 Å². The van der Waals surface area contributed by atoms with Crippen LogP contribution in [0, 0.1) is 0 Å². The van der Waals surface area contributed by atoms with Gasteiger partial charge in [0, 0.05) is 11.4 Å². The molecular formula is C22H21N3O3S2. The summed E-state index contributed by atoms with van der Waals surface area (Å²) in [5, 5.41) is 4.00. The lowest BCUT2D eigenvalue weighted by atomic mass is 9.91. The van der Waals surface area contributed by atoms with Crippen LogP contribution in [0.4, 0.5) is 0 Å². The van der Waals surface area contributed by atoms with E-state index in [-0.39, 0.29) is 11.6 Å². The molecule has 0 saturated carbocycles. The maximum absolute atomic E-state index is 12.4. The van der Waals surface area contributed by atoms with Crippen molar-refractivity contribution >= 4 is 32.9 Å². The highest BCUT2D eigenvalue weighted by Gasteiger charge is 2.31. The Balaban J connectivity index is 1.57. The number of fused-ring (bicyclic) bond motifs is 2. The Labute approximate surface area is 181 Å². The van der Waals surface area contributed by atoms with Crippen LogP contribution >= 0.6 is 22.7 Å². The molecule has 0 amide bonds. The number of rotatable bonds is 5. The van der Waals surface area contributed by atoms with E-state index in [9.17, 15) is 4.79 Å². The Morgan fingerprint density at radius 3 is 2.77 bits per heavy atom. The van der Waals surface area contributed by atoms with Gasteiger partial charge in [0.2, 0.25) is 0 Å². The van der Waals surface area contributed by atoms with Crippen LogP contribution in [0.3, 0.4) is 0 Å². The van der Waals surface area contributed by atoms with Gasteiger partial charge in [-0.05, 0) is 52.6 Å². The first kappa shape index (κ1) is 19.3. The lowest BCUT2D eigenvalue weighted by Gasteiger charge is -2.37. The van der Waals surface area contributed by atoms with E-state index in [2.05, 4.69) is 39.5 Å². The first-order valence-electron chi connectivity index (χ1n) is 9.66. The minimum Gasteiger partial charge on any atom is -0.493 e. The standard InChI is InChI=1S/C22H21N3O3S2/c1-27-16-10-13-5-7-25(12-19-23-15-6-9-30-21(15)22(26)24-19)20(18-4-3-8-29-18)14(13)11-17(16)28-2/h3-4,6,8-11,20H,5,7,12H2,1-2H3,(H,23,24,26)/t20-/m1/s1. The van der Waals surface area contributed by atoms with E-state index in [1.807, 2.05) is 11.4 Å². The second kappa shape index (κ2) is 7.86. The summed E-state index contributed by atoms with van der Waals surface area (Å²) in [6.07, 6.45) is 0.891. The third-order valence-electron chi connectivity index (χ3n) is 5.50. The molecule has 0 fully saturated rings. The van der Waals surface area contributed by atoms with Gasteiger partial charge in [0.25, 0.3) is 5.56 Å². The van der Waals surface area contributed by atoms with Crippen LogP contribution < -0.4 is 15.0 Å². The van der Waals surface area contributed by atoms with Gasteiger partial charge in [0.05, 0.1) is 32.3 Å². The minimum atomic E-state index is -0.0681. The largest absolute Gasteiger partial charge is 0.493 e. The van der Waals surface area contributed by atoms with Crippen molar-refractivity contribution in [1.82, 2.24) is 14.9 Å². The van der Waals surface area contributed by atoms with Gasteiger partial charge in [-0.2, -0.15) is 0 Å². The number of methoxy groups -OCH3 is 2. The third kappa shape index (κ3) is 3.30. The third-order valence-corrected chi connectivity index (χ3v) is 7.33. The van der Waals surface area contributed by atoms with Crippen molar-refractivity contribution in [2.24, 2.45) is 0 Å². The molecule has 0 unspecified atom stereocenters. The summed E-state index contributed by atoms with van der Waals surface area (Å²) >= 11 is 3.16. The van der Waals surface area contributed by atoms with Gasteiger partial charge in [0.1, 0.15) is 10.5 Å². The predicted molar refractivity (Wildman–Crippen MR) is 120 cm³/mol. The molecule has 0 aliphatic carbocycles. The van der Waals surface area contributed by atoms with E-state index < -0.39 is 0 Å². The summed E-state index contributed by atoms with van der Waals surface area (Å²) in [6, 6.07) is 10.4. The minimum absolute atomic E-state index is 0.0667. The smallest absolute Gasteiger partial charge is 0.268 e. The van der Waals surface area contributed by atoms with Gasteiger partial charge < -0.3 is 14.5 Å². The second-order valence-electron chi connectivity index (χ2n) is 7.19. The highest BCUT2D eigenvalue weighted by atomic mass is 32.1. The number of hydrogen-bond donors (Lipinski definition) is 1. The van der Waals surface area contributed by atoms with Crippen molar-refractivity contribution in [3.63, 3.8) is 0 Å². The van der Waals surface area contributed by atoms with Crippen LogP contribution in [0.1, 0.15) is 27.9 Å². The van der Waals surface area contributed by atoms with Crippen LogP contribution in [0.25, 0.3) is 10.2 Å². The number of nitrogens with one attached hydrogen (secondary N) is 1. The molecule has 0 saturated heterocycles. The van der Waals surface area contributed by atoms with E-state index in [1.54, 1.807) is 25.6 Å². The number of nitrogens with zero attached hydrogens (tertiary/aromatic N) is 2. The summed E-state index contributed by atoms with van der Waals surface area (Å²) in [6.45, 7) is 1.42. The zero-order chi connectivity index (χ0) is 20.7. The average molecular weight is 440 g/mol. The van der Waals surface area contributed by atoms with Gasteiger partial charge in [-0.15, -0.1) is 22.7 Å². The van der Waals surface area contributed by atoms with E-state index in [0.717, 1.165) is 30.0 Å². The van der Waals surface area contributed by atoms with Crippen molar-refractivity contribution in [2.45, 2.75) is 19.0 Å². The van der Waals surface area contributed by atoms with E-state index >= 15 is 0 Å². The summed E-state index contributed by atoms with van der Waals surface area (Å²) < 4.78 is 11.8. The average Bonchev–Trinajstić information content (AvgIpc) is 3.45. The molecule has 30 heavy (non-hydrogen) atoms. The maximum Gasteiger partial charge on any atom is 0.268 e. The van der Waals surface area contributed by atoms with Crippen molar-refractivity contribution in [2.75, 3.05) is 20.8 Å². The molecular weight excluding hydrogens is 418 g/mol. The van der Waals surface area contributed by atoms with Gasteiger partial charge in [-0.1, -0.05) is 6.07 Å². The Bertz CT molecular complexity index is 1250. The number of thiophene rings is 2. The fourth-order valence-electron chi connectivity index (χ4n) is 4.14. The Hall–Kier alpha value is -2.68. The number of aromatic nitrogens is 2. The molecule has 1 aliphatic rings. The summed E-state index contributed by atoms with van der Waals surface area (Å²) in [4.78, 5) is 23.7. The van der Waals surface area contributed by atoms with Crippen molar-refractivity contribution in [1.29, 1.82) is 0 Å². The number of aromatic amines is 1. The highest BCUT2D eigenvalue weighted by molar-refractivity contribution is 7.17. The molecule has 4 aromatic rings. The Morgan fingerprint density at radius 1 is 1.17 bits per heavy atom. The number of hydrogen-bond acceptors (Lipinski definition) is 7. The first-order chi connectivity index (χ1) is 14.7. The molecule has 0 radical (unpaired) electrons. The molecule has 8 heteroatoms. The van der Waals surface area contributed by atoms with Crippen LogP contribution in [0.5, 0.6) is 11.5 Å². The predicted octanol–water partition coefficient (Wildman–Crippen LogP) is 4.21. The summed E-state index contributed by atoms with van der Waals surface area (Å²) in [7, 11) is 3.33. The molecule has 1 aliphatic heterocycles. The molecule has 0 bridgehead atoms. The van der Waals surface area contributed by atoms with E-state index in [4.69, 9.17) is 14.5 Å². The van der Waals surface area contributed by atoms with Crippen LogP contribution in [0.2, 0.25) is 0 Å². The molecule has 1 N–H and O–H groups in total. The monoisotopic (exact) mass is 439 g/mol. The summed E-state index contributed by atoms with van der Waals surface area (Å²) in [5.41, 5.74) is 3.16. The fourth-order valence-corrected chi connectivity index (χ4v) is 5.74. The van der Waals surface area contributed by atoms with Gasteiger partial charge in [-0.3, -0.25) is 9.69 Å². The zero-order valence-corrected chi connectivity index (χ0v) is 18.3. The first-order valence-corrected chi connectivity index (χ1v) is 11.4. The van der Waals surface area contributed by atoms with Crippen LogP contribution in [-0.2, 0) is 13.0 Å². The van der Waals surface area contributed by atoms with Gasteiger partial charge >= 0.3 is 0 Å².